The smallest absolute Gasteiger partial charge is 0.418 e. The maximum atomic E-state index is 14.0. The Bertz CT molecular complexity index is 1790. The number of urea groups is 1. The van der Waals surface area contributed by atoms with Crippen molar-refractivity contribution in [2.75, 3.05) is 12.4 Å². The molecule has 0 spiro atoms. The summed E-state index contributed by atoms with van der Waals surface area (Å²) in [6.07, 6.45) is -4.37. The van der Waals surface area contributed by atoms with E-state index in [1.54, 1.807) is 48.5 Å². The van der Waals surface area contributed by atoms with Gasteiger partial charge in [-0.25, -0.2) is 9.78 Å². The van der Waals surface area contributed by atoms with Gasteiger partial charge >= 0.3 is 12.2 Å². The third kappa shape index (κ3) is 6.23. The van der Waals surface area contributed by atoms with Crippen LogP contribution in [0.3, 0.4) is 0 Å². The normalized spacial score (nSPS) is 12.1. The summed E-state index contributed by atoms with van der Waals surface area (Å²) in [4.78, 5) is 34.2. The van der Waals surface area contributed by atoms with Gasteiger partial charge in [0.2, 0.25) is 0 Å². The second-order valence-electron chi connectivity index (χ2n) is 9.84. The lowest BCUT2D eigenvalue weighted by atomic mass is 10.1. The van der Waals surface area contributed by atoms with Crippen LogP contribution in [-0.4, -0.2) is 27.6 Å². The van der Waals surface area contributed by atoms with Crippen LogP contribution in [0.15, 0.2) is 108 Å². The van der Waals surface area contributed by atoms with E-state index in [1.807, 2.05) is 37.3 Å². The monoisotopic (exact) mass is 586 g/mol. The van der Waals surface area contributed by atoms with Crippen molar-refractivity contribution in [3.8, 4) is 11.4 Å². The van der Waals surface area contributed by atoms with Gasteiger partial charge in [-0.3, -0.25) is 9.36 Å². The molecule has 1 heterocycles. The standard InChI is InChI=1S/C33H29F3N4O3/c1-3-29(30-37-27-15-9-7-13-25(27)31(41)40(30)23-17-19-24(43-2)20-18-23)39(21-22-11-5-4-6-12-22)32(42)38-28-16-10-8-14-26(28)33(34,35)36/h4-20,29H,3,21H2,1-2H3,(H,38,42). The van der Waals surface area contributed by atoms with E-state index in [0.29, 0.717) is 28.8 Å². The average molecular weight is 587 g/mol. The summed E-state index contributed by atoms with van der Waals surface area (Å²) in [7, 11) is 1.54. The Morgan fingerprint density at radius 1 is 0.930 bits per heavy atom. The Hall–Kier alpha value is -5.12. The summed E-state index contributed by atoms with van der Waals surface area (Å²) >= 11 is 0. The van der Waals surface area contributed by atoms with Gasteiger partial charge in [0.25, 0.3) is 5.56 Å². The molecule has 0 saturated heterocycles. The molecule has 10 heteroatoms. The lowest BCUT2D eigenvalue weighted by Gasteiger charge is -2.33. The van der Waals surface area contributed by atoms with Gasteiger partial charge in [0, 0.05) is 6.54 Å². The number of hydrogen-bond acceptors (Lipinski definition) is 4. The van der Waals surface area contributed by atoms with Crippen LogP contribution >= 0.6 is 0 Å². The minimum absolute atomic E-state index is 0.0463. The van der Waals surface area contributed by atoms with Crippen LogP contribution in [0.1, 0.15) is 36.3 Å². The van der Waals surface area contributed by atoms with E-state index in [2.05, 4.69) is 5.32 Å². The molecule has 220 valence electrons. The highest BCUT2D eigenvalue weighted by Gasteiger charge is 2.35. The van der Waals surface area contributed by atoms with Crippen molar-refractivity contribution in [1.29, 1.82) is 0 Å². The first-order valence-electron chi connectivity index (χ1n) is 13.6. The van der Waals surface area contributed by atoms with E-state index in [9.17, 15) is 22.8 Å². The zero-order valence-corrected chi connectivity index (χ0v) is 23.5. The molecule has 0 aliphatic rings. The molecule has 2 amide bonds. The van der Waals surface area contributed by atoms with Crippen LogP contribution in [-0.2, 0) is 12.7 Å². The van der Waals surface area contributed by atoms with Gasteiger partial charge < -0.3 is 15.0 Å². The lowest BCUT2D eigenvalue weighted by Crippen LogP contribution is -2.40. The second kappa shape index (κ2) is 12.4. The number of hydrogen-bond donors (Lipinski definition) is 1. The minimum Gasteiger partial charge on any atom is -0.497 e. The number of alkyl halides is 3. The molecular weight excluding hydrogens is 557 g/mol. The number of rotatable bonds is 8. The third-order valence-corrected chi connectivity index (χ3v) is 7.12. The van der Waals surface area contributed by atoms with Crippen molar-refractivity contribution in [3.63, 3.8) is 0 Å². The van der Waals surface area contributed by atoms with Crippen LogP contribution in [0.25, 0.3) is 16.6 Å². The summed E-state index contributed by atoms with van der Waals surface area (Å²) in [6.45, 7) is 1.88. The Labute approximate surface area is 246 Å². The third-order valence-electron chi connectivity index (χ3n) is 7.12. The van der Waals surface area contributed by atoms with Crippen molar-refractivity contribution in [3.05, 3.63) is 130 Å². The van der Waals surface area contributed by atoms with Crippen LogP contribution in [0.5, 0.6) is 5.75 Å². The van der Waals surface area contributed by atoms with Gasteiger partial charge in [0.1, 0.15) is 11.6 Å². The first kappa shape index (κ1) is 29.4. The van der Waals surface area contributed by atoms with Gasteiger partial charge in [-0.05, 0) is 60.5 Å². The van der Waals surface area contributed by atoms with Crippen LogP contribution in [0.2, 0.25) is 0 Å². The molecule has 43 heavy (non-hydrogen) atoms. The molecule has 1 aromatic heterocycles. The van der Waals surface area contributed by atoms with E-state index >= 15 is 0 Å². The van der Waals surface area contributed by atoms with Gasteiger partial charge in [-0.2, -0.15) is 13.2 Å². The zero-order valence-electron chi connectivity index (χ0n) is 23.5. The molecule has 1 unspecified atom stereocenters. The predicted molar refractivity (Wildman–Crippen MR) is 159 cm³/mol. The van der Waals surface area contributed by atoms with Crippen LogP contribution < -0.4 is 15.6 Å². The highest BCUT2D eigenvalue weighted by atomic mass is 19.4. The van der Waals surface area contributed by atoms with Crippen LogP contribution in [0.4, 0.5) is 23.7 Å². The van der Waals surface area contributed by atoms with E-state index in [0.717, 1.165) is 11.6 Å². The number of aromatic nitrogens is 2. The molecule has 0 bridgehead atoms. The van der Waals surface area contributed by atoms with Gasteiger partial charge in [-0.15, -0.1) is 0 Å². The number of methoxy groups -OCH3 is 1. The fourth-order valence-electron chi connectivity index (χ4n) is 5.03. The fraction of sp³-hybridized carbons (Fsp3) is 0.182. The van der Waals surface area contributed by atoms with E-state index < -0.39 is 23.8 Å². The maximum Gasteiger partial charge on any atom is 0.418 e. The predicted octanol–water partition coefficient (Wildman–Crippen LogP) is 7.60. The average Bonchev–Trinajstić information content (AvgIpc) is 3.01. The summed E-state index contributed by atoms with van der Waals surface area (Å²) in [5, 5.41) is 2.87. The minimum atomic E-state index is -4.67. The molecule has 5 rings (SSSR count). The Morgan fingerprint density at radius 2 is 1.58 bits per heavy atom. The van der Waals surface area contributed by atoms with Gasteiger partial charge in [-0.1, -0.05) is 61.5 Å². The van der Waals surface area contributed by atoms with Gasteiger partial charge in [0.15, 0.2) is 0 Å². The first-order valence-corrected chi connectivity index (χ1v) is 13.6. The van der Waals surface area contributed by atoms with Crippen molar-refractivity contribution in [2.45, 2.75) is 32.1 Å². The van der Waals surface area contributed by atoms with Gasteiger partial charge in [0.05, 0.1) is 41.0 Å². The first-order chi connectivity index (χ1) is 20.7. The summed E-state index contributed by atoms with van der Waals surface area (Å²) in [6, 6.07) is 26.1. The van der Waals surface area contributed by atoms with E-state index in [-0.39, 0.29) is 23.6 Å². The number of carbonyl (C=O) groups excluding carboxylic acids is 1. The number of benzene rings is 4. The Morgan fingerprint density at radius 3 is 2.26 bits per heavy atom. The molecule has 0 aliphatic heterocycles. The van der Waals surface area contributed by atoms with Crippen molar-refractivity contribution >= 4 is 22.6 Å². The largest absolute Gasteiger partial charge is 0.497 e. The number of ether oxygens (including phenoxy) is 1. The molecular formula is C33H29F3N4O3. The topological polar surface area (TPSA) is 76.5 Å². The van der Waals surface area contributed by atoms with Crippen molar-refractivity contribution < 1.29 is 22.7 Å². The second-order valence-corrected chi connectivity index (χ2v) is 9.84. The summed E-state index contributed by atoms with van der Waals surface area (Å²) in [5.41, 5.74) is 0.0150. The molecule has 0 aliphatic carbocycles. The number of anilines is 1. The molecule has 0 radical (unpaired) electrons. The number of para-hydroxylation sites is 2. The number of nitrogens with one attached hydrogen (secondary N) is 1. The van der Waals surface area contributed by atoms with Crippen molar-refractivity contribution in [2.24, 2.45) is 0 Å². The molecule has 7 nitrogen and oxygen atoms in total. The highest BCUT2D eigenvalue weighted by molar-refractivity contribution is 5.90. The molecule has 5 aromatic rings. The molecule has 4 aromatic carbocycles. The van der Waals surface area contributed by atoms with E-state index in [1.165, 1.54) is 34.8 Å². The quantitative estimate of drug-likeness (QED) is 0.203. The Kier molecular flexibility index (Phi) is 8.47. The number of fused-ring (bicyclic) bond motifs is 1. The molecule has 0 saturated carbocycles. The number of halogens is 3. The molecule has 0 fully saturated rings. The number of nitrogens with zero attached hydrogens (tertiary/aromatic N) is 3. The molecule has 1 atom stereocenters. The van der Waals surface area contributed by atoms with Crippen molar-refractivity contribution in [1.82, 2.24) is 14.5 Å². The SMILES string of the molecule is CCC(c1nc2ccccc2c(=O)n1-c1ccc(OC)cc1)N(Cc1ccccc1)C(=O)Nc1ccccc1C(F)(F)F. The Balaban J connectivity index is 1.68. The molecule has 1 N–H and O–H groups in total. The highest BCUT2D eigenvalue weighted by Crippen LogP contribution is 2.35. The number of carbonyl (C=O) groups is 1. The lowest BCUT2D eigenvalue weighted by molar-refractivity contribution is -0.136. The zero-order chi connectivity index (χ0) is 30.6. The summed E-state index contributed by atoms with van der Waals surface area (Å²) in [5.74, 6) is 0.860. The number of amides is 2. The maximum absolute atomic E-state index is 14.0. The van der Waals surface area contributed by atoms with E-state index in [4.69, 9.17) is 9.72 Å². The fourth-order valence-corrected chi connectivity index (χ4v) is 5.03. The van der Waals surface area contributed by atoms with Crippen LogP contribution in [0, 0.1) is 0 Å². The summed E-state index contributed by atoms with van der Waals surface area (Å²) < 4.78 is 48.1.